The summed E-state index contributed by atoms with van der Waals surface area (Å²) in [7, 11) is 1.67. The second kappa shape index (κ2) is 8.61. The lowest BCUT2D eigenvalue weighted by Crippen LogP contribution is -2.33. The molecule has 2 fully saturated rings. The van der Waals surface area contributed by atoms with E-state index in [-0.39, 0.29) is 24.0 Å². The maximum Gasteiger partial charge on any atom is 0.189 e. The van der Waals surface area contributed by atoms with Crippen molar-refractivity contribution in [2.45, 2.75) is 57.2 Å². The molecule has 2 aliphatic rings. The molecular weight excluding hydrogens is 405 g/mol. The number of guanidine groups is 1. The third kappa shape index (κ3) is 5.16. The predicted octanol–water partition coefficient (Wildman–Crippen LogP) is 3.20. The Labute approximate surface area is 155 Å². The van der Waals surface area contributed by atoms with Gasteiger partial charge in [0.15, 0.2) is 17.5 Å². The van der Waals surface area contributed by atoms with Crippen molar-refractivity contribution in [3.63, 3.8) is 0 Å². The minimum Gasteiger partial charge on any atom is -0.493 e. The number of rotatable bonds is 6. The van der Waals surface area contributed by atoms with Crippen molar-refractivity contribution < 1.29 is 9.47 Å². The Bertz CT molecular complexity index is 541. The first-order valence-corrected chi connectivity index (χ1v) is 8.15. The number of benzene rings is 1. The molecule has 1 aromatic rings. The van der Waals surface area contributed by atoms with E-state index in [0.717, 1.165) is 29.9 Å². The van der Waals surface area contributed by atoms with Crippen LogP contribution in [0, 0.1) is 0 Å². The monoisotopic (exact) mass is 431 g/mol. The van der Waals surface area contributed by atoms with Gasteiger partial charge in [-0.05, 0) is 44.6 Å². The molecule has 0 radical (unpaired) electrons. The number of nitrogens with zero attached hydrogens (tertiary/aromatic N) is 1. The average Bonchev–Trinajstić information content (AvgIpc) is 3.18. The molecule has 2 aliphatic carbocycles. The molecule has 2 saturated carbocycles. The van der Waals surface area contributed by atoms with E-state index in [4.69, 9.17) is 15.2 Å². The highest BCUT2D eigenvalue weighted by atomic mass is 127. The SMILES string of the molecule is COc1cccc(CN=C(N)NC2CC2)c1OC1CCCC1.I. The molecule has 0 atom stereocenters. The van der Waals surface area contributed by atoms with Crippen LogP contribution in [0.1, 0.15) is 44.1 Å². The Morgan fingerprint density at radius 2 is 2.00 bits per heavy atom. The molecule has 6 heteroatoms. The molecule has 0 aromatic heterocycles. The lowest BCUT2D eigenvalue weighted by atomic mass is 10.1. The minimum absolute atomic E-state index is 0. The van der Waals surface area contributed by atoms with Gasteiger partial charge >= 0.3 is 0 Å². The molecule has 0 amide bonds. The van der Waals surface area contributed by atoms with Gasteiger partial charge in [0.1, 0.15) is 0 Å². The Balaban J connectivity index is 0.00000192. The molecular formula is C17H26IN3O2. The highest BCUT2D eigenvalue weighted by molar-refractivity contribution is 14.0. The van der Waals surface area contributed by atoms with Gasteiger partial charge in [-0.25, -0.2) is 4.99 Å². The minimum atomic E-state index is 0. The van der Waals surface area contributed by atoms with Gasteiger partial charge in [-0.1, -0.05) is 12.1 Å². The van der Waals surface area contributed by atoms with Gasteiger partial charge in [0.2, 0.25) is 0 Å². The van der Waals surface area contributed by atoms with Crippen LogP contribution in [0.25, 0.3) is 0 Å². The van der Waals surface area contributed by atoms with E-state index < -0.39 is 0 Å². The lowest BCUT2D eigenvalue weighted by Gasteiger charge is -2.18. The van der Waals surface area contributed by atoms with Crippen LogP contribution in [0.5, 0.6) is 11.5 Å². The maximum absolute atomic E-state index is 6.20. The summed E-state index contributed by atoms with van der Waals surface area (Å²) < 4.78 is 11.7. The number of nitrogens with one attached hydrogen (secondary N) is 1. The first-order chi connectivity index (χ1) is 10.8. The summed E-state index contributed by atoms with van der Waals surface area (Å²) >= 11 is 0. The second-order valence-corrected chi connectivity index (χ2v) is 6.09. The van der Waals surface area contributed by atoms with E-state index in [9.17, 15) is 0 Å². The Morgan fingerprint density at radius 3 is 2.65 bits per heavy atom. The van der Waals surface area contributed by atoms with Crippen LogP contribution in [-0.4, -0.2) is 25.2 Å². The van der Waals surface area contributed by atoms with Crippen LogP contribution in [0.3, 0.4) is 0 Å². The summed E-state index contributed by atoms with van der Waals surface area (Å²) in [6, 6.07) is 6.45. The predicted molar refractivity (Wildman–Crippen MR) is 103 cm³/mol. The molecule has 0 heterocycles. The average molecular weight is 431 g/mol. The number of nitrogens with two attached hydrogens (primary N) is 1. The molecule has 0 unspecified atom stereocenters. The highest BCUT2D eigenvalue weighted by Crippen LogP contribution is 2.35. The summed E-state index contributed by atoms with van der Waals surface area (Å²) in [4.78, 5) is 4.43. The normalized spacial score (nSPS) is 18.4. The van der Waals surface area contributed by atoms with Crippen LogP contribution in [0.4, 0.5) is 0 Å². The van der Waals surface area contributed by atoms with Crippen molar-refractivity contribution in [3.8, 4) is 11.5 Å². The van der Waals surface area contributed by atoms with Gasteiger partial charge < -0.3 is 20.5 Å². The van der Waals surface area contributed by atoms with E-state index >= 15 is 0 Å². The summed E-state index contributed by atoms with van der Waals surface area (Å²) in [6.45, 7) is 0.505. The van der Waals surface area contributed by atoms with Crippen LogP contribution >= 0.6 is 24.0 Å². The smallest absolute Gasteiger partial charge is 0.189 e. The Hall–Kier alpha value is -1.18. The maximum atomic E-state index is 6.20. The van der Waals surface area contributed by atoms with Crippen LogP contribution < -0.4 is 20.5 Å². The fourth-order valence-electron chi connectivity index (χ4n) is 2.81. The Morgan fingerprint density at radius 1 is 1.26 bits per heavy atom. The number of hydrogen-bond acceptors (Lipinski definition) is 3. The van der Waals surface area contributed by atoms with Crippen molar-refractivity contribution >= 4 is 29.9 Å². The van der Waals surface area contributed by atoms with E-state index in [1.807, 2.05) is 18.2 Å². The number of ether oxygens (including phenoxy) is 2. The first kappa shape index (κ1) is 18.2. The van der Waals surface area contributed by atoms with E-state index in [0.29, 0.717) is 24.7 Å². The molecule has 23 heavy (non-hydrogen) atoms. The van der Waals surface area contributed by atoms with E-state index in [1.165, 1.54) is 25.7 Å². The largest absolute Gasteiger partial charge is 0.493 e. The van der Waals surface area contributed by atoms with Gasteiger partial charge in [0, 0.05) is 11.6 Å². The van der Waals surface area contributed by atoms with Crippen LogP contribution in [-0.2, 0) is 6.54 Å². The quantitative estimate of drug-likeness (QED) is 0.413. The van der Waals surface area contributed by atoms with Crippen molar-refractivity contribution in [3.05, 3.63) is 23.8 Å². The number of halogens is 1. The summed E-state index contributed by atoms with van der Waals surface area (Å²) in [5, 5.41) is 3.20. The molecule has 128 valence electrons. The Kier molecular flexibility index (Phi) is 6.80. The summed E-state index contributed by atoms with van der Waals surface area (Å²) in [5.74, 6) is 2.10. The third-order valence-electron chi connectivity index (χ3n) is 4.22. The summed E-state index contributed by atoms with van der Waals surface area (Å²) in [6.07, 6.45) is 7.38. The van der Waals surface area contributed by atoms with Crippen LogP contribution in [0.2, 0.25) is 0 Å². The van der Waals surface area contributed by atoms with Gasteiger partial charge in [-0.2, -0.15) is 0 Å². The molecule has 0 spiro atoms. The zero-order valence-corrected chi connectivity index (χ0v) is 15.9. The molecule has 5 nitrogen and oxygen atoms in total. The van der Waals surface area contributed by atoms with Crippen molar-refractivity contribution in [1.29, 1.82) is 0 Å². The van der Waals surface area contributed by atoms with Crippen molar-refractivity contribution in [2.24, 2.45) is 10.7 Å². The zero-order chi connectivity index (χ0) is 15.4. The van der Waals surface area contributed by atoms with Gasteiger partial charge in [-0.3, -0.25) is 0 Å². The van der Waals surface area contributed by atoms with Crippen LogP contribution in [0.15, 0.2) is 23.2 Å². The number of methoxy groups -OCH3 is 1. The van der Waals surface area contributed by atoms with Crippen molar-refractivity contribution in [2.75, 3.05) is 7.11 Å². The number of aliphatic imine (C=N–C) groups is 1. The molecule has 0 aliphatic heterocycles. The molecule has 0 saturated heterocycles. The van der Waals surface area contributed by atoms with Gasteiger partial charge in [-0.15, -0.1) is 24.0 Å². The van der Waals surface area contributed by atoms with E-state index in [1.54, 1.807) is 7.11 Å². The van der Waals surface area contributed by atoms with Gasteiger partial charge in [0.05, 0.1) is 19.8 Å². The molecule has 1 aromatic carbocycles. The van der Waals surface area contributed by atoms with E-state index in [2.05, 4.69) is 10.3 Å². The second-order valence-electron chi connectivity index (χ2n) is 6.09. The standard InChI is InChI=1S/C17H25N3O2.HI/c1-21-15-8-4-5-12(11-19-17(18)20-13-9-10-13)16(15)22-14-6-2-3-7-14;/h4-5,8,13-14H,2-3,6-7,9-11H2,1H3,(H3,18,19,20);1H. The van der Waals surface area contributed by atoms with Crippen molar-refractivity contribution in [1.82, 2.24) is 5.32 Å². The fourth-order valence-corrected chi connectivity index (χ4v) is 2.81. The fraction of sp³-hybridized carbons (Fsp3) is 0.588. The number of para-hydroxylation sites is 1. The molecule has 0 bridgehead atoms. The number of hydrogen-bond donors (Lipinski definition) is 2. The lowest BCUT2D eigenvalue weighted by molar-refractivity contribution is 0.198. The van der Waals surface area contributed by atoms with Gasteiger partial charge in [0.25, 0.3) is 0 Å². The first-order valence-electron chi connectivity index (χ1n) is 8.15. The highest BCUT2D eigenvalue weighted by Gasteiger charge is 2.22. The molecule has 3 rings (SSSR count). The topological polar surface area (TPSA) is 68.9 Å². The summed E-state index contributed by atoms with van der Waals surface area (Å²) in [5.41, 5.74) is 6.93. The zero-order valence-electron chi connectivity index (χ0n) is 13.6. The molecule has 3 N–H and O–H groups in total. The third-order valence-corrected chi connectivity index (χ3v) is 4.22.